The first-order valence-electron chi connectivity index (χ1n) is 11.5. The normalized spacial score (nSPS) is 17.3. The molecule has 0 bridgehead atoms. The first-order valence-corrected chi connectivity index (χ1v) is 11.5. The summed E-state index contributed by atoms with van der Waals surface area (Å²) in [5.74, 6) is -0.570. The molecule has 3 atom stereocenters. The van der Waals surface area contributed by atoms with E-state index in [4.69, 9.17) is 9.47 Å². The third kappa shape index (κ3) is 6.10. The molecule has 0 aliphatic carbocycles. The largest absolute Gasteiger partial charge is 0.447 e. The summed E-state index contributed by atoms with van der Waals surface area (Å²) in [4.78, 5) is 27.2. The second-order valence-electron chi connectivity index (χ2n) is 8.44. The van der Waals surface area contributed by atoms with E-state index in [-0.39, 0.29) is 13.2 Å². The highest BCUT2D eigenvalue weighted by molar-refractivity contribution is 5.96. The fourth-order valence-electron chi connectivity index (χ4n) is 4.12. The molecule has 0 unspecified atom stereocenters. The van der Waals surface area contributed by atoms with E-state index < -0.39 is 30.3 Å². The van der Waals surface area contributed by atoms with Crippen LogP contribution >= 0.6 is 0 Å². The second kappa shape index (κ2) is 11.6. The Morgan fingerprint density at radius 3 is 2.09 bits per heavy atom. The smallest absolute Gasteiger partial charge is 0.417 e. The van der Waals surface area contributed by atoms with Crippen LogP contribution in [0.3, 0.4) is 0 Å². The van der Waals surface area contributed by atoms with Gasteiger partial charge in [-0.2, -0.15) is 0 Å². The SMILES string of the molecule is O=C1OC[C@H](Cc2ccccc2)N1C(=O)[C@@H](OCc1ccccc1)[C@H](O)CCc1ccccc1. The minimum absolute atomic E-state index is 0.116. The van der Waals surface area contributed by atoms with Crippen molar-refractivity contribution in [3.63, 3.8) is 0 Å². The minimum Gasteiger partial charge on any atom is -0.447 e. The van der Waals surface area contributed by atoms with Crippen LogP contribution in [0, 0.1) is 0 Å². The Morgan fingerprint density at radius 1 is 0.912 bits per heavy atom. The lowest BCUT2D eigenvalue weighted by Crippen LogP contribution is -2.50. The molecule has 3 aromatic carbocycles. The molecule has 0 spiro atoms. The fraction of sp³-hybridized carbons (Fsp3) is 0.286. The van der Waals surface area contributed by atoms with E-state index >= 15 is 0 Å². The number of hydrogen-bond acceptors (Lipinski definition) is 5. The number of ether oxygens (including phenoxy) is 2. The van der Waals surface area contributed by atoms with Crippen LogP contribution in [-0.2, 0) is 33.7 Å². The number of benzene rings is 3. The average molecular weight is 460 g/mol. The summed E-state index contributed by atoms with van der Waals surface area (Å²) < 4.78 is 11.2. The van der Waals surface area contributed by atoms with E-state index in [1.807, 2.05) is 91.0 Å². The number of amides is 2. The van der Waals surface area contributed by atoms with Gasteiger partial charge in [0.1, 0.15) is 6.61 Å². The second-order valence-corrected chi connectivity index (χ2v) is 8.44. The van der Waals surface area contributed by atoms with Gasteiger partial charge in [0, 0.05) is 0 Å². The minimum atomic E-state index is -1.19. The molecule has 1 N–H and O–H groups in total. The van der Waals surface area contributed by atoms with Gasteiger partial charge in [0.2, 0.25) is 0 Å². The summed E-state index contributed by atoms with van der Waals surface area (Å²) in [6, 6.07) is 28.4. The van der Waals surface area contributed by atoms with Gasteiger partial charge in [0.05, 0.1) is 18.8 Å². The Morgan fingerprint density at radius 2 is 1.47 bits per heavy atom. The van der Waals surface area contributed by atoms with Crippen LogP contribution in [0.25, 0.3) is 0 Å². The zero-order valence-electron chi connectivity index (χ0n) is 19.0. The molecule has 34 heavy (non-hydrogen) atoms. The summed E-state index contributed by atoms with van der Waals surface area (Å²) in [6.07, 6.45) is -1.59. The number of nitrogens with zero attached hydrogens (tertiary/aromatic N) is 1. The van der Waals surface area contributed by atoms with E-state index in [1.165, 1.54) is 0 Å². The van der Waals surface area contributed by atoms with E-state index in [1.54, 1.807) is 0 Å². The molecule has 0 radical (unpaired) electrons. The summed E-state index contributed by atoms with van der Waals surface area (Å²) >= 11 is 0. The molecule has 6 nitrogen and oxygen atoms in total. The Bertz CT molecular complexity index is 1060. The van der Waals surface area contributed by atoms with Gasteiger partial charge >= 0.3 is 6.09 Å². The first kappa shape index (κ1) is 23.7. The molecule has 4 rings (SSSR count). The van der Waals surface area contributed by atoms with Gasteiger partial charge in [-0.25, -0.2) is 9.69 Å². The molecule has 0 aromatic heterocycles. The van der Waals surface area contributed by atoms with Crippen molar-refractivity contribution in [2.75, 3.05) is 6.61 Å². The van der Waals surface area contributed by atoms with Crippen molar-refractivity contribution in [2.45, 2.75) is 44.1 Å². The van der Waals surface area contributed by atoms with E-state index in [9.17, 15) is 14.7 Å². The molecular formula is C28H29NO5. The quantitative estimate of drug-likeness (QED) is 0.493. The summed E-state index contributed by atoms with van der Waals surface area (Å²) in [7, 11) is 0. The molecule has 1 heterocycles. The number of imide groups is 1. The molecule has 1 aliphatic rings. The maximum Gasteiger partial charge on any atom is 0.417 e. The third-order valence-electron chi connectivity index (χ3n) is 5.95. The molecule has 1 aliphatic heterocycles. The molecule has 176 valence electrons. The Balaban J connectivity index is 1.50. The predicted molar refractivity (Wildman–Crippen MR) is 128 cm³/mol. The van der Waals surface area contributed by atoms with Crippen LogP contribution < -0.4 is 0 Å². The van der Waals surface area contributed by atoms with Gasteiger partial charge in [-0.1, -0.05) is 91.0 Å². The van der Waals surface area contributed by atoms with Crippen molar-refractivity contribution < 1.29 is 24.2 Å². The summed E-state index contributed by atoms with van der Waals surface area (Å²) in [5, 5.41) is 11.0. The number of cyclic esters (lactones) is 1. The van der Waals surface area contributed by atoms with Crippen LogP contribution in [-0.4, -0.2) is 46.9 Å². The van der Waals surface area contributed by atoms with Crippen molar-refractivity contribution in [1.82, 2.24) is 4.90 Å². The molecular weight excluding hydrogens is 430 g/mol. The van der Waals surface area contributed by atoms with E-state index in [0.29, 0.717) is 19.3 Å². The highest BCUT2D eigenvalue weighted by Crippen LogP contribution is 2.22. The van der Waals surface area contributed by atoms with Crippen molar-refractivity contribution >= 4 is 12.0 Å². The zero-order valence-corrected chi connectivity index (χ0v) is 19.0. The van der Waals surface area contributed by atoms with Crippen molar-refractivity contribution in [3.05, 3.63) is 108 Å². The van der Waals surface area contributed by atoms with Gasteiger partial charge in [-0.05, 0) is 36.0 Å². The number of hydrogen-bond donors (Lipinski definition) is 1. The summed E-state index contributed by atoms with van der Waals surface area (Å²) in [6.45, 7) is 0.261. The Hall–Kier alpha value is -3.48. The third-order valence-corrected chi connectivity index (χ3v) is 5.95. The number of aliphatic hydroxyl groups is 1. The van der Waals surface area contributed by atoms with Crippen molar-refractivity contribution in [2.24, 2.45) is 0 Å². The maximum atomic E-state index is 13.6. The van der Waals surface area contributed by atoms with Gasteiger partial charge in [0.15, 0.2) is 6.10 Å². The predicted octanol–water partition coefficient (Wildman–Crippen LogP) is 4.16. The zero-order chi connectivity index (χ0) is 23.8. The lowest BCUT2D eigenvalue weighted by molar-refractivity contribution is -0.151. The van der Waals surface area contributed by atoms with E-state index in [2.05, 4.69) is 0 Å². The van der Waals surface area contributed by atoms with Crippen LogP contribution in [0.1, 0.15) is 23.1 Å². The number of carbonyl (C=O) groups excluding carboxylic acids is 2. The lowest BCUT2D eigenvalue weighted by atomic mass is 10.0. The van der Waals surface area contributed by atoms with Crippen LogP contribution in [0.2, 0.25) is 0 Å². The highest BCUT2D eigenvalue weighted by atomic mass is 16.6. The topological polar surface area (TPSA) is 76.1 Å². The lowest BCUT2D eigenvalue weighted by Gasteiger charge is -2.28. The number of rotatable bonds is 10. The maximum absolute atomic E-state index is 13.6. The van der Waals surface area contributed by atoms with Gasteiger partial charge in [0.25, 0.3) is 5.91 Å². The highest BCUT2D eigenvalue weighted by Gasteiger charge is 2.43. The van der Waals surface area contributed by atoms with Crippen molar-refractivity contribution in [3.8, 4) is 0 Å². The monoisotopic (exact) mass is 459 g/mol. The van der Waals surface area contributed by atoms with Crippen molar-refractivity contribution in [1.29, 1.82) is 0 Å². The van der Waals surface area contributed by atoms with Crippen LogP contribution in [0.5, 0.6) is 0 Å². The average Bonchev–Trinajstić information content (AvgIpc) is 3.24. The number of aryl methyl sites for hydroxylation is 1. The standard InChI is InChI=1S/C28H29NO5/c30-25(17-16-21-10-4-1-5-11-21)26(33-19-23-14-8-3-9-15-23)27(31)29-24(20-34-28(29)32)18-22-12-6-2-7-13-22/h1-15,24-26,30H,16-20H2/t24-,25+,26-/m0/s1. The molecule has 3 aromatic rings. The molecule has 0 saturated carbocycles. The molecule has 2 amide bonds. The van der Waals surface area contributed by atoms with Crippen LogP contribution in [0.15, 0.2) is 91.0 Å². The van der Waals surface area contributed by atoms with Crippen LogP contribution in [0.4, 0.5) is 4.79 Å². The van der Waals surface area contributed by atoms with E-state index in [0.717, 1.165) is 21.6 Å². The number of aliphatic hydroxyl groups excluding tert-OH is 1. The fourth-order valence-corrected chi connectivity index (χ4v) is 4.12. The molecule has 6 heteroatoms. The first-order chi connectivity index (χ1) is 16.6. The number of carbonyl (C=O) groups is 2. The molecule has 1 fully saturated rings. The Kier molecular flexibility index (Phi) is 8.07. The van der Waals surface area contributed by atoms with Gasteiger partial charge in [-0.15, -0.1) is 0 Å². The molecule has 1 saturated heterocycles. The van der Waals surface area contributed by atoms with Gasteiger partial charge in [-0.3, -0.25) is 4.79 Å². The summed E-state index contributed by atoms with van der Waals surface area (Å²) in [5.41, 5.74) is 2.92. The Labute approximate surface area is 199 Å². The van der Waals surface area contributed by atoms with Gasteiger partial charge < -0.3 is 14.6 Å².